The van der Waals surface area contributed by atoms with Gasteiger partial charge in [0.25, 0.3) is 0 Å². The lowest BCUT2D eigenvalue weighted by molar-refractivity contribution is -0.0722. The minimum atomic E-state index is -0.0325. The van der Waals surface area contributed by atoms with Gasteiger partial charge < -0.3 is 9.47 Å². The number of pyridine rings is 1. The molecule has 1 fully saturated rings. The van der Waals surface area contributed by atoms with E-state index in [1.54, 1.807) is 18.3 Å². The molecule has 0 radical (unpaired) electrons. The molecule has 0 N–H and O–H groups in total. The fourth-order valence-corrected chi connectivity index (χ4v) is 2.29. The first-order chi connectivity index (χ1) is 8.54. The number of Topliss-reactive ketones (excluding diaryl/α,β-unsaturated/α-hetero) is 1. The number of ether oxygens (including phenoxy) is 2. The summed E-state index contributed by atoms with van der Waals surface area (Å²) in [6, 6.07) is 3.50. The van der Waals surface area contributed by atoms with E-state index in [1.807, 2.05) is 0 Å². The number of rotatable bonds is 3. The highest BCUT2D eigenvalue weighted by molar-refractivity contribution is 5.92. The van der Waals surface area contributed by atoms with Crippen LogP contribution in [-0.2, 0) is 4.74 Å². The molecule has 0 bridgehead atoms. The average molecular weight is 249 g/mol. The highest BCUT2D eigenvalue weighted by Gasteiger charge is 2.25. The van der Waals surface area contributed by atoms with Crippen molar-refractivity contribution in [1.29, 1.82) is 0 Å². The first kappa shape index (κ1) is 13.0. The Kier molecular flexibility index (Phi) is 3.97. The van der Waals surface area contributed by atoms with Crippen molar-refractivity contribution in [3.8, 4) is 5.75 Å². The van der Waals surface area contributed by atoms with Crippen molar-refractivity contribution in [2.24, 2.45) is 0 Å². The number of ketones is 1. The zero-order valence-electron chi connectivity index (χ0n) is 11.1. The monoisotopic (exact) mass is 249 g/mol. The highest BCUT2D eigenvalue weighted by atomic mass is 16.5. The smallest absolute Gasteiger partial charge is 0.178 e. The minimum absolute atomic E-state index is 0.0325. The second-order valence-corrected chi connectivity index (χ2v) is 4.90. The van der Waals surface area contributed by atoms with Gasteiger partial charge in [0.05, 0.1) is 18.4 Å². The molecule has 0 aliphatic carbocycles. The summed E-state index contributed by atoms with van der Waals surface area (Å²) in [6.07, 6.45) is 4.00. The summed E-state index contributed by atoms with van der Waals surface area (Å²) in [5.74, 6) is 0.682. The summed E-state index contributed by atoms with van der Waals surface area (Å²) >= 11 is 0. The predicted molar refractivity (Wildman–Crippen MR) is 67.9 cm³/mol. The number of nitrogens with zero attached hydrogens (tertiary/aromatic N) is 1. The van der Waals surface area contributed by atoms with E-state index in [4.69, 9.17) is 9.47 Å². The molecule has 2 unspecified atom stereocenters. The van der Waals surface area contributed by atoms with Gasteiger partial charge in [0.2, 0.25) is 0 Å². The number of hydrogen-bond acceptors (Lipinski definition) is 4. The van der Waals surface area contributed by atoms with Gasteiger partial charge in [0.15, 0.2) is 5.78 Å². The first-order valence-corrected chi connectivity index (χ1v) is 6.33. The van der Waals surface area contributed by atoms with Crippen LogP contribution >= 0.6 is 0 Å². The van der Waals surface area contributed by atoms with E-state index in [0.717, 1.165) is 12.8 Å². The molecule has 1 aliphatic rings. The fraction of sp³-hybridized carbons (Fsp3) is 0.571. The van der Waals surface area contributed by atoms with Crippen molar-refractivity contribution in [1.82, 2.24) is 4.98 Å². The van der Waals surface area contributed by atoms with Crippen molar-refractivity contribution in [3.05, 3.63) is 24.0 Å². The van der Waals surface area contributed by atoms with Gasteiger partial charge in [-0.2, -0.15) is 0 Å². The first-order valence-electron chi connectivity index (χ1n) is 6.33. The molecule has 0 spiro atoms. The van der Waals surface area contributed by atoms with Crippen LogP contribution in [0.5, 0.6) is 5.75 Å². The summed E-state index contributed by atoms with van der Waals surface area (Å²) in [5, 5.41) is 0. The fourth-order valence-electron chi connectivity index (χ4n) is 2.29. The van der Waals surface area contributed by atoms with E-state index in [2.05, 4.69) is 18.8 Å². The molecule has 1 saturated heterocycles. The van der Waals surface area contributed by atoms with Crippen LogP contribution in [0.2, 0.25) is 0 Å². The number of aromatic nitrogens is 1. The Morgan fingerprint density at radius 1 is 1.33 bits per heavy atom. The van der Waals surface area contributed by atoms with Crippen molar-refractivity contribution >= 4 is 5.78 Å². The molecule has 98 valence electrons. The molecule has 2 rings (SSSR count). The van der Waals surface area contributed by atoms with Crippen LogP contribution in [0.25, 0.3) is 0 Å². The molecular formula is C14H19NO3. The lowest BCUT2D eigenvalue weighted by atomic mass is 10.0. The third kappa shape index (κ3) is 3.29. The van der Waals surface area contributed by atoms with Gasteiger partial charge in [-0.3, -0.25) is 4.79 Å². The summed E-state index contributed by atoms with van der Waals surface area (Å²) in [5.41, 5.74) is 0.469. The summed E-state index contributed by atoms with van der Waals surface area (Å²) in [6.45, 7) is 5.62. The summed E-state index contributed by atoms with van der Waals surface area (Å²) in [7, 11) is 0. The van der Waals surface area contributed by atoms with E-state index in [-0.39, 0.29) is 24.1 Å². The van der Waals surface area contributed by atoms with Crippen LogP contribution < -0.4 is 4.74 Å². The maximum Gasteiger partial charge on any atom is 0.178 e. The number of hydrogen-bond donors (Lipinski definition) is 0. The number of carbonyl (C=O) groups is 1. The van der Waals surface area contributed by atoms with Crippen LogP contribution in [0.3, 0.4) is 0 Å². The maximum atomic E-state index is 11.1. The minimum Gasteiger partial charge on any atom is -0.489 e. The van der Waals surface area contributed by atoms with Crippen molar-refractivity contribution in [2.75, 3.05) is 0 Å². The van der Waals surface area contributed by atoms with E-state index in [0.29, 0.717) is 11.4 Å². The normalized spacial score (nSPS) is 27.8. The van der Waals surface area contributed by atoms with Gasteiger partial charge in [0, 0.05) is 19.8 Å². The van der Waals surface area contributed by atoms with Gasteiger partial charge in [-0.05, 0) is 26.0 Å². The Bertz CT molecular complexity index is 406. The molecule has 0 aromatic carbocycles. The quantitative estimate of drug-likeness (QED) is 0.773. The van der Waals surface area contributed by atoms with Crippen molar-refractivity contribution < 1.29 is 14.3 Å². The molecular weight excluding hydrogens is 230 g/mol. The Hall–Kier alpha value is -1.42. The Morgan fingerprint density at radius 3 is 2.50 bits per heavy atom. The lowest BCUT2D eigenvalue weighted by Gasteiger charge is -2.32. The molecule has 1 aromatic rings. The van der Waals surface area contributed by atoms with Gasteiger partial charge in [-0.15, -0.1) is 0 Å². The average Bonchev–Trinajstić information content (AvgIpc) is 2.28. The van der Waals surface area contributed by atoms with Crippen LogP contribution in [-0.4, -0.2) is 29.1 Å². The molecule has 4 heteroatoms. The second-order valence-electron chi connectivity index (χ2n) is 4.90. The lowest BCUT2D eigenvalue weighted by Crippen LogP contribution is -2.35. The molecule has 2 heterocycles. The molecule has 1 aromatic heterocycles. The summed E-state index contributed by atoms with van der Waals surface area (Å²) in [4.78, 5) is 15.2. The molecule has 18 heavy (non-hydrogen) atoms. The van der Waals surface area contributed by atoms with E-state index in [9.17, 15) is 4.79 Å². The number of carbonyl (C=O) groups excluding carboxylic acids is 1. The van der Waals surface area contributed by atoms with Crippen molar-refractivity contribution in [2.45, 2.75) is 51.9 Å². The largest absolute Gasteiger partial charge is 0.489 e. The van der Waals surface area contributed by atoms with Crippen LogP contribution in [0.1, 0.15) is 44.1 Å². The van der Waals surface area contributed by atoms with E-state index in [1.165, 1.54) is 6.92 Å². The third-order valence-corrected chi connectivity index (χ3v) is 3.05. The third-order valence-electron chi connectivity index (χ3n) is 3.05. The Balaban J connectivity index is 1.98. The maximum absolute atomic E-state index is 11.1. The Morgan fingerprint density at radius 2 is 2.00 bits per heavy atom. The highest BCUT2D eigenvalue weighted by Crippen LogP contribution is 2.23. The Labute approximate surface area is 107 Å². The van der Waals surface area contributed by atoms with Gasteiger partial charge in [-0.25, -0.2) is 4.98 Å². The van der Waals surface area contributed by atoms with Gasteiger partial charge in [-0.1, -0.05) is 0 Å². The van der Waals surface area contributed by atoms with E-state index < -0.39 is 0 Å². The van der Waals surface area contributed by atoms with Crippen LogP contribution in [0.4, 0.5) is 0 Å². The second kappa shape index (κ2) is 5.48. The topological polar surface area (TPSA) is 48.4 Å². The molecule has 1 aliphatic heterocycles. The zero-order chi connectivity index (χ0) is 13.1. The van der Waals surface area contributed by atoms with Crippen LogP contribution in [0, 0.1) is 0 Å². The van der Waals surface area contributed by atoms with Gasteiger partial charge >= 0.3 is 0 Å². The molecule has 0 amide bonds. The summed E-state index contributed by atoms with van der Waals surface area (Å²) < 4.78 is 11.5. The van der Waals surface area contributed by atoms with Crippen molar-refractivity contribution in [3.63, 3.8) is 0 Å². The predicted octanol–water partition coefficient (Wildman–Crippen LogP) is 2.62. The molecule has 2 atom stereocenters. The SMILES string of the molecule is CC(=O)c1ccc(OC2CC(C)OC(C)C2)cn1. The van der Waals surface area contributed by atoms with Gasteiger partial charge in [0.1, 0.15) is 17.5 Å². The molecule has 0 saturated carbocycles. The van der Waals surface area contributed by atoms with Crippen LogP contribution in [0.15, 0.2) is 18.3 Å². The standard InChI is InChI=1S/C14H19NO3/c1-9-6-13(7-10(2)17-9)18-12-4-5-14(11(3)16)15-8-12/h4-5,8-10,13H,6-7H2,1-3H3. The molecule has 4 nitrogen and oxygen atoms in total. The zero-order valence-corrected chi connectivity index (χ0v) is 11.1. The van der Waals surface area contributed by atoms with E-state index >= 15 is 0 Å².